The quantitative estimate of drug-likeness (QED) is 0.678. The van der Waals surface area contributed by atoms with Crippen molar-refractivity contribution in [1.82, 2.24) is 3.96 Å². The molecule has 0 N–H and O–H groups in total. The maximum Gasteiger partial charge on any atom is 0.282 e. The lowest BCUT2D eigenvalue weighted by molar-refractivity contribution is 0.0996. The van der Waals surface area contributed by atoms with Gasteiger partial charge in [0.2, 0.25) is 0 Å². The molecule has 1 saturated carbocycles. The predicted molar refractivity (Wildman–Crippen MR) is 111 cm³/mol. The van der Waals surface area contributed by atoms with Crippen LogP contribution in [0.5, 0.6) is 5.75 Å². The largest absolute Gasteiger partial charge is 0.496 e. The third kappa shape index (κ3) is 4.82. The molecule has 0 radical (unpaired) electrons. The van der Waals surface area contributed by atoms with Gasteiger partial charge < -0.3 is 4.74 Å². The van der Waals surface area contributed by atoms with Crippen molar-refractivity contribution >= 4 is 29.0 Å². The summed E-state index contributed by atoms with van der Waals surface area (Å²) in [7, 11) is 1.55. The summed E-state index contributed by atoms with van der Waals surface area (Å²) in [5.41, 5.74) is 1.52. The summed E-state index contributed by atoms with van der Waals surface area (Å²) in [6.07, 6.45) is 8.29. The summed E-state index contributed by atoms with van der Waals surface area (Å²) >= 11 is 7.62. The van der Waals surface area contributed by atoms with E-state index in [9.17, 15) is 4.79 Å². The molecular formula is C21H27ClN2O2S. The van der Waals surface area contributed by atoms with Gasteiger partial charge in [-0.3, -0.25) is 8.75 Å². The number of methoxy groups -OCH3 is 1. The molecule has 1 fully saturated rings. The first-order valence-electron chi connectivity index (χ1n) is 9.43. The van der Waals surface area contributed by atoms with E-state index in [1.54, 1.807) is 36.8 Å². The second-order valence-corrected chi connectivity index (χ2v) is 9.56. The Morgan fingerprint density at radius 2 is 2.04 bits per heavy atom. The van der Waals surface area contributed by atoms with Gasteiger partial charge in [0.15, 0.2) is 0 Å². The fourth-order valence-electron chi connectivity index (χ4n) is 3.46. The van der Waals surface area contributed by atoms with Crippen molar-refractivity contribution in [2.45, 2.75) is 58.4 Å². The summed E-state index contributed by atoms with van der Waals surface area (Å²) in [5.74, 6) is 0.869. The Morgan fingerprint density at radius 1 is 1.33 bits per heavy atom. The molecule has 6 heteroatoms. The van der Waals surface area contributed by atoms with Crippen molar-refractivity contribution in [3.63, 3.8) is 0 Å². The second-order valence-electron chi connectivity index (χ2n) is 8.16. The Morgan fingerprint density at radius 3 is 2.67 bits per heavy atom. The van der Waals surface area contributed by atoms with Gasteiger partial charge in [-0.05, 0) is 62.8 Å². The highest BCUT2D eigenvalue weighted by molar-refractivity contribution is 7.04. The maximum absolute atomic E-state index is 12.9. The van der Waals surface area contributed by atoms with Crippen molar-refractivity contribution in [3.05, 3.63) is 45.2 Å². The summed E-state index contributed by atoms with van der Waals surface area (Å²) < 4.78 is 8.30. The molecule has 1 heterocycles. The maximum atomic E-state index is 12.9. The molecule has 0 bridgehead atoms. The van der Waals surface area contributed by atoms with E-state index < -0.39 is 0 Å². The number of aromatic nitrogens is 1. The number of rotatable bonds is 4. The van der Waals surface area contributed by atoms with Crippen molar-refractivity contribution in [2.24, 2.45) is 10.9 Å². The Labute approximate surface area is 170 Å². The molecule has 1 amide bonds. The number of amides is 1. The highest BCUT2D eigenvalue weighted by atomic mass is 35.5. The van der Waals surface area contributed by atoms with Crippen molar-refractivity contribution in [2.75, 3.05) is 7.11 Å². The molecule has 3 rings (SSSR count). The summed E-state index contributed by atoms with van der Waals surface area (Å²) in [6, 6.07) is 5.03. The molecule has 1 aromatic heterocycles. The molecule has 2 aromatic rings. The van der Waals surface area contributed by atoms with Crippen LogP contribution in [-0.2, 0) is 12.0 Å². The van der Waals surface area contributed by atoms with Crippen LogP contribution in [0.1, 0.15) is 62.4 Å². The molecule has 1 aromatic carbocycles. The second kappa shape index (κ2) is 8.19. The van der Waals surface area contributed by atoms with Crippen molar-refractivity contribution in [1.29, 1.82) is 0 Å². The molecule has 0 aliphatic heterocycles. The lowest BCUT2D eigenvalue weighted by Crippen LogP contribution is -2.18. The average molecular weight is 407 g/mol. The Kier molecular flexibility index (Phi) is 6.11. The minimum absolute atomic E-state index is 0.0420. The molecule has 4 nitrogen and oxygen atoms in total. The van der Waals surface area contributed by atoms with E-state index >= 15 is 0 Å². The van der Waals surface area contributed by atoms with E-state index in [0.29, 0.717) is 22.3 Å². The smallest absolute Gasteiger partial charge is 0.282 e. The molecule has 1 aliphatic rings. The third-order valence-electron chi connectivity index (χ3n) is 4.97. The van der Waals surface area contributed by atoms with Gasteiger partial charge in [-0.2, -0.15) is 4.99 Å². The Balaban J connectivity index is 2.02. The molecule has 1 aliphatic carbocycles. The average Bonchev–Trinajstić information content (AvgIpc) is 3.25. The zero-order chi connectivity index (χ0) is 19.6. The predicted octanol–water partition coefficient (Wildman–Crippen LogP) is 5.44. The van der Waals surface area contributed by atoms with Gasteiger partial charge in [0.25, 0.3) is 5.91 Å². The number of carbonyl (C=O) groups excluding carboxylic acids is 1. The van der Waals surface area contributed by atoms with Gasteiger partial charge in [-0.25, -0.2) is 0 Å². The number of hydrogen-bond acceptors (Lipinski definition) is 3. The minimum Gasteiger partial charge on any atom is -0.496 e. The number of carbonyl (C=O) groups is 1. The minimum atomic E-state index is -0.315. The van der Waals surface area contributed by atoms with E-state index in [-0.39, 0.29) is 11.4 Å². The normalized spacial score (nSPS) is 16.1. The molecular weight excluding hydrogens is 380 g/mol. The SMILES string of the molecule is COc1ccc(Cl)cc1C(=O)N=c1sn(C(C)(C)C)cc1CC1CCCC1. The molecule has 0 unspecified atom stereocenters. The van der Waals surface area contributed by atoms with Crippen LogP contribution in [0.4, 0.5) is 0 Å². The van der Waals surface area contributed by atoms with Crippen molar-refractivity contribution < 1.29 is 9.53 Å². The number of ether oxygens (including phenoxy) is 1. The number of halogens is 1. The van der Waals surface area contributed by atoms with Gasteiger partial charge in [0.1, 0.15) is 10.4 Å². The standard InChI is InChI=1S/C21H27ClN2O2S/c1-21(2,3)24-13-15(11-14-7-5-6-8-14)20(27-24)23-19(25)17-12-16(22)9-10-18(17)26-4/h9-10,12-14H,5-8,11H2,1-4H3. The lowest BCUT2D eigenvalue weighted by Gasteiger charge is -2.19. The Bertz CT molecular complexity index is 886. The number of hydrogen-bond donors (Lipinski definition) is 0. The van der Waals surface area contributed by atoms with Crippen LogP contribution in [0.15, 0.2) is 29.4 Å². The number of benzene rings is 1. The van der Waals surface area contributed by atoms with Crippen LogP contribution in [0.25, 0.3) is 0 Å². The van der Waals surface area contributed by atoms with Gasteiger partial charge in [-0.15, -0.1) is 0 Å². The van der Waals surface area contributed by atoms with Crippen LogP contribution >= 0.6 is 23.1 Å². The fourth-order valence-corrected chi connectivity index (χ4v) is 4.65. The van der Waals surface area contributed by atoms with Gasteiger partial charge in [0, 0.05) is 22.3 Å². The molecule has 27 heavy (non-hydrogen) atoms. The molecule has 146 valence electrons. The first-order valence-corrected chi connectivity index (χ1v) is 10.6. The van der Waals surface area contributed by atoms with Crippen LogP contribution < -0.4 is 9.41 Å². The Hall–Kier alpha value is -1.59. The topological polar surface area (TPSA) is 43.6 Å². The molecule has 0 atom stereocenters. The zero-order valence-electron chi connectivity index (χ0n) is 16.4. The molecule has 0 saturated heterocycles. The van der Waals surface area contributed by atoms with Gasteiger partial charge in [-0.1, -0.05) is 37.3 Å². The highest BCUT2D eigenvalue weighted by Gasteiger charge is 2.21. The van der Waals surface area contributed by atoms with Gasteiger partial charge >= 0.3 is 0 Å². The van der Waals surface area contributed by atoms with E-state index in [1.807, 2.05) is 0 Å². The van der Waals surface area contributed by atoms with E-state index in [2.05, 4.69) is 35.9 Å². The summed E-state index contributed by atoms with van der Waals surface area (Å²) in [5, 5.41) is 0.497. The van der Waals surface area contributed by atoms with Crippen LogP contribution in [-0.4, -0.2) is 17.0 Å². The van der Waals surface area contributed by atoms with Crippen molar-refractivity contribution in [3.8, 4) is 5.75 Å². The first kappa shape index (κ1) is 20.2. The van der Waals surface area contributed by atoms with Crippen LogP contribution in [0.2, 0.25) is 5.02 Å². The number of nitrogens with zero attached hydrogens (tertiary/aromatic N) is 2. The third-order valence-corrected chi connectivity index (χ3v) is 6.58. The lowest BCUT2D eigenvalue weighted by atomic mass is 10.00. The summed E-state index contributed by atoms with van der Waals surface area (Å²) in [4.78, 5) is 17.4. The van der Waals surface area contributed by atoms with E-state index in [4.69, 9.17) is 16.3 Å². The van der Waals surface area contributed by atoms with Crippen LogP contribution in [0.3, 0.4) is 0 Å². The molecule has 0 spiro atoms. The van der Waals surface area contributed by atoms with Gasteiger partial charge in [0.05, 0.1) is 12.7 Å². The first-order chi connectivity index (χ1) is 12.8. The summed E-state index contributed by atoms with van der Waals surface area (Å²) in [6.45, 7) is 6.48. The van der Waals surface area contributed by atoms with E-state index in [0.717, 1.165) is 16.7 Å². The zero-order valence-corrected chi connectivity index (χ0v) is 18.0. The fraction of sp³-hybridized carbons (Fsp3) is 0.524. The van der Waals surface area contributed by atoms with Crippen LogP contribution in [0, 0.1) is 5.92 Å². The van der Waals surface area contributed by atoms with E-state index in [1.165, 1.54) is 25.7 Å². The monoisotopic (exact) mass is 406 g/mol. The highest BCUT2D eigenvalue weighted by Crippen LogP contribution is 2.29.